The second kappa shape index (κ2) is 10.0. The number of rotatable bonds is 6. The van der Waals surface area contributed by atoms with E-state index in [2.05, 4.69) is 16.7 Å². The molecule has 0 aliphatic heterocycles. The molecule has 5 rings (SSSR count). The number of imidazole rings is 1. The van der Waals surface area contributed by atoms with E-state index in [1.165, 1.54) is 35.5 Å². The molecule has 1 aromatic heterocycles. The number of fused-ring (bicyclic) bond motifs is 1. The van der Waals surface area contributed by atoms with E-state index in [1.54, 1.807) is 31.4 Å². The Morgan fingerprint density at radius 3 is 2.63 bits per heavy atom. The molecular weight excluding hydrogens is 486 g/mol. The Kier molecular flexibility index (Phi) is 6.85. The summed E-state index contributed by atoms with van der Waals surface area (Å²) < 4.78 is 35.8. The Balaban J connectivity index is 1.61. The van der Waals surface area contributed by atoms with E-state index in [9.17, 15) is 8.78 Å². The van der Waals surface area contributed by atoms with Gasteiger partial charge in [-0.1, -0.05) is 41.6 Å². The third kappa shape index (κ3) is 4.69. The van der Waals surface area contributed by atoms with Crippen molar-refractivity contribution in [2.24, 2.45) is 0 Å². The largest absolute Gasteiger partial charge is 0.496 e. The van der Waals surface area contributed by atoms with Gasteiger partial charge in [0.15, 0.2) is 5.16 Å². The van der Waals surface area contributed by atoms with Crippen LogP contribution < -0.4 is 4.74 Å². The standard InChI is InChI=1S/C28H25ClF2N2OS/c1-17-15-18(9-14-26(17)34-2)21-5-3-8-25-27(21)33(20-12-10-19(30)11-13-20)28(32-25)35-16-22-23(29)6-4-7-24(22)31/h4,6-7,9-15,21H,3,5,8,16H2,1-2H3/t21-/m1/s1. The Labute approximate surface area is 213 Å². The number of methoxy groups -OCH3 is 1. The van der Waals surface area contributed by atoms with Crippen LogP contribution in [0.1, 0.15) is 46.8 Å². The van der Waals surface area contributed by atoms with Crippen LogP contribution in [-0.2, 0) is 12.2 Å². The molecule has 35 heavy (non-hydrogen) atoms. The summed E-state index contributed by atoms with van der Waals surface area (Å²) in [6, 6.07) is 17.5. The van der Waals surface area contributed by atoms with E-state index in [0.717, 1.165) is 52.8 Å². The van der Waals surface area contributed by atoms with E-state index in [1.807, 2.05) is 13.0 Å². The molecule has 180 valence electrons. The third-order valence-corrected chi connectivity index (χ3v) is 7.83. The molecule has 0 saturated heterocycles. The number of hydrogen-bond acceptors (Lipinski definition) is 3. The lowest BCUT2D eigenvalue weighted by Crippen LogP contribution is -2.15. The zero-order valence-corrected chi connectivity index (χ0v) is 21.1. The smallest absolute Gasteiger partial charge is 0.173 e. The molecule has 0 unspecified atom stereocenters. The average Bonchev–Trinajstić information content (AvgIpc) is 3.22. The highest BCUT2D eigenvalue weighted by atomic mass is 35.5. The molecule has 1 aliphatic rings. The summed E-state index contributed by atoms with van der Waals surface area (Å²) in [7, 11) is 1.68. The molecule has 0 N–H and O–H groups in total. The number of halogens is 3. The molecular formula is C28H25ClF2N2OS. The molecule has 0 radical (unpaired) electrons. The number of hydrogen-bond donors (Lipinski definition) is 0. The minimum atomic E-state index is -0.332. The molecule has 7 heteroatoms. The van der Waals surface area contributed by atoms with Crippen molar-refractivity contribution < 1.29 is 13.5 Å². The summed E-state index contributed by atoms with van der Waals surface area (Å²) in [6.07, 6.45) is 2.87. The van der Waals surface area contributed by atoms with Crippen molar-refractivity contribution in [1.29, 1.82) is 0 Å². The quantitative estimate of drug-likeness (QED) is 0.247. The van der Waals surface area contributed by atoms with Gasteiger partial charge in [0.25, 0.3) is 0 Å². The molecule has 3 aromatic carbocycles. The monoisotopic (exact) mass is 510 g/mol. The van der Waals surface area contributed by atoms with E-state index in [-0.39, 0.29) is 17.6 Å². The second-order valence-corrected chi connectivity index (χ2v) is 10.1. The van der Waals surface area contributed by atoms with Crippen LogP contribution in [0.5, 0.6) is 5.75 Å². The number of thioether (sulfide) groups is 1. The van der Waals surface area contributed by atoms with Gasteiger partial charge in [-0.05, 0) is 79.8 Å². The van der Waals surface area contributed by atoms with Crippen LogP contribution in [0, 0.1) is 18.6 Å². The lowest BCUT2D eigenvalue weighted by atomic mass is 9.83. The van der Waals surface area contributed by atoms with Crippen LogP contribution in [-0.4, -0.2) is 16.7 Å². The maximum absolute atomic E-state index is 14.5. The van der Waals surface area contributed by atoms with Gasteiger partial charge in [0.1, 0.15) is 17.4 Å². The Morgan fingerprint density at radius 2 is 1.91 bits per heavy atom. The fraction of sp³-hybridized carbons (Fsp3) is 0.250. The van der Waals surface area contributed by atoms with E-state index in [0.29, 0.717) is 16.3 Å². The Morgan fingerprint density at radius 1 is 1.11 bits per heavy atom. The van der Waals surface area contributed by atoms with Crippen molar-refractivity contribution in [2.45, 2.75) is 43.0 Å². The number of benzene rings is 3. The van der Waals surface area contributed by atoms with Crippen molar-refractivity contribution in [3.8, 4) is 11.4 Å². The number of aryl methyl sites for hydroxylation is 2. The minimum Gasteiger partial charge on any atom is -0.496 e. The zero-order valence-electron chi connectivity index (χ0n) is 19.5. The summed E-state index contributed by atoms with van der Waals surface area (Å²) in [5.41, 5.74) is 5.69. The van der Waals surface area contributed by atoms with Crippen LogP contribution in [0.3, 0.4) is 0 Å². The predicted octanol–water partition coefficient (Wildman–Crippen LogP) is 7.88. The highest BCUT2D eigenvalue weighted by Gasteiger charge is 2.30. The first-order valence-electron chi connectivity index (χ1n) is 11.5. The third-order valence-electron chi connectivity index (χ3n) is 6.51. The molecule has 1 atom stereocenters. The molecule has 3 nitrogen and oxygen atoms in total. The molecule has 0 amide bonds. The molecule has 4 aromatic rings. The summed E-state index contributed by atoms with van der Waals surface area (Å²) >= 11 is 7.72. The highest BCUT2D eigenvalue weighted by molar-refractivity contribution is 7.98. The predicted molar refractivity (Wildman–Crippen MR) is 137 cm³/mol. The van der Waals surface area contributed by atoms with Crippen molar-refractivity contribution in [2.75, 3.05) is 7.11 Å². The second-order valence-electron chi connectivity index (χ2n) is 8.70. The average molecular weight is 511 g/mol. The normalized spacial score (nSPS) is 15.2. The van der Waals surface area contributed by atoms with Gasteiger partial charge < -0.3 is 4.74 Å². The van der Waals surface area contributed by atoms with Crippen molar-refractivity contribution in [3.05, 3.63) is 105 Å². The first kappa shape index (κ1) is 23.9. The molecule has 0 fully saturated rings. The fourth-order valence-corrected chi connectivity index (χ4v) is 6.18. The number of nitrogens with zero attached hydrogens (tertiary/aromatic N) is 2. The van der Waals surface area contributed by atoms with E-state index in [4.69, 9.17) is 21.3 Å². The van der Waals surface area contributed by atoms with Gasteiger partial charge in [0.2, 0.25) is 0 Å². The van der Waals surface area contributed by atoms with Crippen molar-refractivity contribution >= 4 is 23.4 Å². The summed E-state index contributed by atoms with van der Waals surface area (Å²) in [6.45, 7) is 2.04. The van der Waals surface area contributed by atoms with E-state index >= 15 is 0 Å². The van der Waals surface area contributed by atoms with Gasteiger partial charge in [-0.25, -0.2) is 13.8 Å². The topological polar surface area (TPSA) is 27.1 Å². The first-order valence-corrected chi connectivity index (χ1v) is 12.9. The summed E-state index contributed by atoms with van der Waals surface area (Å²) in [4.78, 5) is 5.00. The van der Waals surface area contributed by atoms with Crippen LogP contribution in [0.2, 0.25) is 5.02 Å². The van der Waals surface area contributed by atoms with Crippen molar-refractivity contribution in [3.63, 3.8) is 0 Å². The van der Waals surface area contributed by atoms with Gasteiger partial charge >= 0.3 is 0 Å². The highest BCUT2D eigenvalue weighted by Crippen LogP contribution is 2.42. The summed E-state index contributed by atoms with van der Waals surface area (Å²) in [5.74, 6) is 0.704. The van der Waals surface area contributed by atoms with Gasteiger partial charge in [0, 0.05) is 27.9 Å². The number of ether oxygens (including phenoxy) is 1. The zero-order chi connectivity index (χ0) is 24.5. The SMILES string of the molecule is COc1ccc([C@H]2CCCc3nc(SCc4c(F)cccc4Cl)n(-c4ccc(F)cc4)c32)cc1C. The van der Waals surface area contributed by atoms with Crippen LogP contribution in [0.4, 0.5) is 8.78 Å². The maximum Gasteiger partial charge on any atom is 0.173 e. The summed E-state index contributed by atoms with van der Waals surface area (Å²) in [5, 5.41) is 1.15. The van der Waals surface area contributed by atoms with Crippen LogP contribution >= 0.6 is 23.4 Å². The lowest BCUT2D eigenvalue weighted by molar-refractivity contribution is 0.411. The van der Waals surface area contributed by atoms with Gasteiger partial charge in [-0.15, -0.1) is 0 Å². The molecule has 1 aliphatic carbocycles. The maximum atomic E-state index is 14.5. The Bertz CT molecular complexity index is 1350. The fourth-order valence-electron chi connectivity index (χ4n) is 4.79. The Hall–Kier alpha value is -2.83. The van der Waals surface area contributed by atoms with Gasteiger partial charge in [-0.3, -0.25) is 4.57 Å². The van der Waals surface area contributed by atoms with Gasteiger partial charge in [0.05, 0.1) is 18.5 Å². The first-order chi connectivity index (χ1) is 17.0. The molecule has 0 bridgehead atoms. The van der Waals surface area contributed by atoms with Gasteiger partial charge in [-0.2, -0.15) is 0 Å². The molecule has 0 spiro atoms. The molecule has 1 heterocycles. The molecule has 0 saturated carbocycles. The van der Waals surface area contributed by atoms with Crippen LogP contribution in [0.25, 0.3) is 5.69 Å². The van der Waals surface area contributed by atoms with E-state index < -0.39 is 0 Å². The lowest BCUT2D eigenvalue weighted by Gasteiger charge is -2.26. The van der Waals surface area contributed by atoms with Crippen LogP contribution in [0.15, 0.2) is 65.8 Å². The minimum absolute atomic E-state index is 0.132. The number of aromatic nitrogens is 2. The van der Waals surface area contributed by atoms with Crippen molar-refractivity contribution in [1.82, 2.24) is 9.55 Å².